The molecule has 1 N–H and O–H groups in total. The third-order valence-electron chi connectivity index (χ3n) is 5.96. The Morgan fingerprint density at radius 2 is 1.79 bits per heavy atom. The lowest BCUT2D eigenvalue weighted by atomic mass is 9.95. The highest BCUT2D eigenvalue weighted by atomic mass is 35.5. The average molecular weight is 470 g/mol. The molecule has 0 saturated heterocycles. The van der Waals surface area contributed by atoms with Crippen LogP contribution >= 0.6 is 11.6 Å². The van der Waals surface area contributed by atoms with Gasteiger partial charge in [-0.1, -0.05) is 41.9 Å². The van der Waals surface area contributed by atoms with Crippen LogP contribution in [-0.2, 0) is 11.3 Å². The second-order valence-corrected chi connectivity index (χ2v) is 9.91. The van der Waals surface area contributed by atoms with E-state index < -0.39 is 5.60 Å². The van der Waals surface area contributed by atoms with Crippen molar-refractivity contribution < 1.29 is 14.3 Å². The molecular formula is C26H32ClN3O3. The molecule has 0 spiro atoms. The van der Waals surface area contributed by atoms with Crippen LogP contribution in [0.3, 0.4) is 0 Å². The first-order chi connectivity index (χ1) is 15.7. The van der Waals surface area contributed by atoms with E-state index >= 15 is 0 Å². The number of benzene rings is 2. The summed E-state index contributed by atoms with van der Waals surface area (Å²) in [4.78, 5) is 14.5. The monoisotopic (exact) mass is 469 g/mol. The molecule has 2 aliphatic heterocycles. The molecule has 2 aromatic carbocycles. The maximum absolute atomic E-state index is 12.7. The van der Waals surface area contributed by atoms with Crippen molar-refractivity contribution in [1.82, 2.24) is 15.3 Å². The average Bonchev–Trinajstić information content (AvgIpc) is 2.96. The summed E-state index contributed by atoms with van der Waals surface area (Å²) < 4.78 is 11.2. The van der Waals surface area contributed by atoms with Crippen LogP contribution in [0.1, 0.15) is 50.8 Å². The lowest BCUT2D eigenvalue weighted by molar-refractivity contribution is 0.0253. The molecule has 2 aromatic rings. The Bertz CT molecular complexity index is 1030. The molecule has 1 amide bonds. The topological polar surface area (TPSA) is 54.0 Å². The van der Waals surface area contributed by atoms with Gasteiger partial charge in [-0.3, -0.25) is 0 Å². The van der Waals surface area contributed by atoms with E-state index in [-0.39, 0.29) is 12.1 Å². The van der Waals surface area contributed by atoms with Gasteiger partial charge in [0.2, 0.25) is 0 Å². The summed E-state index contributed by atoms with van der Waals surface area (Å²) in [6.45, 7) is 7.62. The van der Waals surface area contributed by atoms with Crippen molar-refractivity contribution in [2.75, 3.05) is 20.2 Å². The fraction of sp³-hybridized carbons (Fsp3) is 0.423. The molecule has 1 unspecified atom stereocenters. The summed E-state index contributed by atoms with van der Waals surface area (Å²) in [7, 11) is 1.70. The summed E-state index contributed by atoms with van der Waals surface area (Å²) in [5.41, 5.74) is 7.90. The van der Waals surface area contributed by atoms with Crippen LogP contribution in [0.15, 0.2) is 59.8 Å². The quantitative estimate of drug-likeness (QED) is 0.622. The highest BCUT2D eigenvalue weighted by Gasteiger charge is 2.36. The second kappa shape index (κ2) is 9.65. The Balaban J connectivity index is 1.58. The van der Waals surface area contributed by atoms with E-state index in [1.807, 2.05) is 56.0 Å². The maximum Gasteiger partial charge on any atom is 0.410 e. The van der Waals surface area contributed by atoms with E-state index in [9.17, 15) is 4.79 Å². The van der Waals surface area contributed by atoms with Crippen LogP contribution in [-0.4, -0.2) is 41.8 Å². The Morgan fingerprint density at radius 3 is 2.48 bits per heavy atom. The standard InChI is InChI=1S/C26H32ClN3O3/c1-26(2,3)33-25(31)29-15-13-21-22(14-16-29)28-30(17-19-7-5-6-8-23(19)32-4)24(21)18-9-11-20(27)12-10-18/h5-12,24,28H,13-17H2,1-4H3. The molecule has 0 bridgehead atoms. The number of methoxy groups -OCH3 is 1. The first kappa shape index (κ1) is 23.5. The lowest BCUT2D eigenvalue weighted by Gasteiger charge is -2.30. The van der Waals surface area contributed by atoms with E-state index in [0.717, 1.165) is 29.7 Å². The van der Waals surface area contributed by atoms with Gasteiger partial charge in [0, 0.05) is 42.3 Å². The van der Waals surface area contributed by atoms with Crippen LogP contribution in [0.25, 0.3) is 0 Å². The zero-order chi connectivity index (χ0) is 23.6. The minimum absolute atomic E-state index is 0.0424. The van der Waals surface area contributed by atoms with Crippen molar-refractivity contribution in [2.24, 2.45) is 0 Å². The summed E-state index contributed by atoms with van der Waals surface area (Å²) >= 11 is 6.18. The molecule has 0 aromatic heterocycles. The van der Waals surface area contributed by atoms with Gasteiger partial charge in [-0.2, -0.15) is 0 Å². The van der Waals surface area contributed by atoms with Gasteiger partial charge >= 0.3 is 6.09 Å². The summed E-state index contributed by atoms with van der Waals surface area (Å²) in [6.07, 6.45) is 1.27. The zero-order valence-electron chi connectivity index (χ0n) is 19.7. The number of hydrogen-bond acceptors (Lipinski definition) is 5. The van der Waals surface area contributed by atoms with Gasteiger partial charge in [0.15, 0.2) is 0 Å². The van der Waals surface area contributed by atoms with Crippen LogP contribution in [0, 0.1) is 0 Å². The molecule has 33 heavy (non-hydrogen) atoms. The van der Waals surface area contributed by atoms with Gasteiger partial charge in [-0.15, -0.1) is 0 Å². The van der Waals surface area contributed by atoms with Crippen LogP contribution in [0.5, 0.6) is 5.75 Å². The van der Waals surface area contributed by atoms with Crippen molar-refractivity contribution in [3.63, 3.8) is 0 Å². The predicted molar refractivity (Wildman–Crippen MR) is 130 cm³/mol. The van der Waals surface area contributed by atoms with Gasteiger partial charge in [0.05, 0.1) is 13.2 Å². The third-order valence-corrected chi connectivity index (χ3v) is 6.21. The van der Waals surface area contributed by atoms with Gasteiger partial charge in [0.25, 0.3) is 0 Å². The molecule has 0 saturated carbocycles. The van der Waals surface area contributed by atoms with Gasteiger partial charge < -0.3 is 19.8 Å². The number of carbonyl (C=O) groups excluding carboxylic acids is 1. The van der Waals surface area contributed by atoms with Crippen LogP contribution in [0.4, 0.5) is 4.79 Å². The molecule has 0 radical (unpaired) electrons. The van der Waals surface area contributed by atoms with Crippen molar-refractivity contribution >= 4 is 17.7 Å². The van der Waals surface area contributed by atoms with Gasteiger partial charge in [-0.05, 0) is 56.5 Å². The lowest BCUT2D eigenvalue weighted by Crippen LogP contribution is -2.39. The van der Waals surface area contributed by atoms with Gasteiger partial charge in [-0.25, -0.2) is 9.80 Å². The summed E-state index contributed by atoms with van der Waals surface area (Å²) in [5, 5.41) is 2.97. The molecule has 7 heteroatoms. The summed E-state index contributed by atoms with van der Waals surface area (Å²) in [6, 6.07) is 16.2. The Labute approximate surface area is 201 Å². The number of amides is 1. The van der Waals surface area contributed by atoms with E-state index in [1.54, 1.807) is 7.11 Å². The van der Waals surface area contributed by atoms with Gasteiger partial charge in [0.1, 0.15) is 11.4 Å². The SMILES string of the molecule is COc1ccccc1CN1NC2=C(CCN(C(=O)OC(C)(C)C)CC2)C1c1ccc(Cl)cc1. The first-order valence-corrected chi connectivity index (χ1v) is 11.7. The number of rotatable bonds is 4. The fourth-order valence-electron chi connectivity index (χ4n) is 4.46. The number of para-hydroxylation sites is 1. The maximum atomic E-state index is 12.7. The largest absolute Gasteiger partial charge is 0.496 e. The molecule has 0 fully saturated rings. The molecule has 2 heterocycles. The summed E-state index contributed by atoms with van der Waals surface area (Å²) in [5.74, 6) is 0.868. The number of nitrogens with zero attached hydrogens (tertiary/aromatic N) is 2. The number of hydrogen-bond donors (Lipinski definition) is 1. The number of halogens is 1. The van der Waals surface area contributed by atoms with E-state index in [1.165, 1.54) is 11.3 Å². The highest BCUT2D eigenvalue weighted by molar-refractivity contribution is 6.30. The Hall–Kier alpha value is -2.70. The zero-order valence-corrected chi connectivity index (χ0v) is 20.5. The van der Waals surface area contributed by atoms with Crippen molar-refractivity contribution in [2.45, 2.75) is 51.8 Å². The molecule has 4 rings (SSSR count). The molecule has 1 atom stereocenters. The van der Waals surface area contributed by atoms with E-state index in [0.29, 0.717) is 24.7 Å². The number of ether oxygens (including phenoxy) is 2. The van der Waals surface area contributed by atoms with Crippen LogP contribution < -0.4 is 10.2 Å². The minimum atomic E-state index is -0.505. The highest BCUT2D eigenvalue weighted by Crippen LogP contribution is 2.40. The van der Waals surface area contributed by atoms with Crippen LogP contribution in [0.2, 0.25) is 5.02 Å². The smallest absolute Gasteiger partial charge is 0.410 e. The minimum Gasteiger partial charge on any atom is -0.496 e. The number of hydrazine groups is 1. The van der Waals surface area contributed by atoms with Crippen molar-refractivity contribution in [1.29, 1.82) is 0 Å². The molecule has 2 aliphatic rings. The van der Waals surface area contributed by atoms with E-state index in [4.69, 9.17) is 21.1 Å². The third kappa shape index (κ3) is 5.45. The number of nitrogens with one attached hydrogen (secondary N) is 1. The number of carbonyl (C=O) groups is 1. The normalized spacial score (nSPS) is 19.1. The Morgan fingerprint density at radius 1 is 1.09 bits per heavy atom. The molecule has 6 nitrogen and oxygen atoms in total. The second-order valence-electron chi connectivity index (χ2n) is 9.48. The molecule has 0 aliphatic carbocycles. The van der Waals surface area contributed by atoms with Crippen molar-refractivity contribution in [3.05, 3.63) is 76.0 Å². The molecular weight excluding hydrogens is 438 g/mol. The van der Waals surface area contributed by atoms with E-state index in [2.05, 4.69) is 28.6 Å². The molecule has 176 valence electrons. The fourth-order valence-corrected chi connectivity index (χ4v) is 4.59. The predicted octanol–water partition coefficient (Wildman–Crippen LogP) is 5.70. The first-order valence-electron chi connectivity index (χ1n) is 11.4. The van der Waals surface area contributed by atoms with Crippen molar-refractivity contribution in [3.8, 4) is 5.75 Å². The Kier molecular flexibility index (Phi) is 6.86.